The van der Waals surface area contributed by atoms with Crippen LogP contribution in [0, 0.1) is 58.2 Å². The van der Waals surface area contributed by atoms with Crippen LogP contribution in [0.15, 0.2) is 24.3 Å². The Morgan fingerprint density at radius 3 is 1.03 bits per heavy atom. The first kappa shape index (κ1) is 24.5. The van der Waals surface area contributed by atoms with Crippen molar-refractivity contribution in [1.82, 2.24) is 0 Å². The topological polar surface area (TPSA) is 52.6 Å². The van der Waals surface area contributed by atoms with Crippen molar-refractivity contribution in [3.8, 4) is 11.5 Å². The number of carbonyl (C=O) groups excluding carboxylic acids is 2. The van der Waals surface area contributed by atoms with Crippen LogP contribution in [-0.2, 0) is 0 Å². The monoisotopic (exact) mass is 498 g/mol. The van der Waals surface area contributed by atoms with Crippen LogP contribution >= 0.6 is 0 Å². The van der Waals surface area contributed by atoms with Gasteiger partial charge in [0.05, 0.1) is 0 Å². The summed E-state index contributed by atoms with van der Waals surface area (Å²) in [5.74, 6) is -30.4. The van der Waals surface area contributed by atoms with E-state index in [-0.39, 0.29) is 0 Å². The fourth-order valence-electron chi connectivity index (χ4n) is 2.49. The summed E-state index contributed by atoms with van der Waals surface area (Å²) in [6.45, 7) is 0. The van der Waals surface area contributed by atoms with Gasteiger partial charge in [0.15, 0.2) is 46.5 Å². The molecule has 3 rings (SSSR count). The van der Waals surface area contributed by atoms with Crippen LogP contribution in [0.5, 0.6) is 11.5 Å². The fourth-order valence-corrected chi connectivity index (χ4v) is 2.49. The molecule has 0 spiro atoms. The van der Waals surface area contributed by atoms with Crippen molar-refractivity contribution in [3.63, 3.8) is 0 Å². The normalized spacial score (nSPS) is 10.9. The molecule has 0 fully saturated rings. The Hall–Kier alpha value is -4.10. The Labute approximate surface area is 180 Å². The molecule has 3 aromatic carbocycles. The molecule has 34 heavy (non-hydrogen) atoms. The second-order valence-corrected chi connectivity index (χ2v) is 6.14. The quantitative estimate of drug-likeness (QED) is 0.157. The van der Waals surface area contributed by atoms with Crippen molar-refractivity contribution in [2.75, 3.05) is 0 Å². The number of ether oxygens (including phenoxy) is 2. The van der Waals surface area contributed by atoms with Crippen molar-refractivity contribution < 1.29 is 63.0 Å². The van der Waals surface area contributed by atoms with E-state index in [9.17, 15) is 53.5 Å². The molecule has 0 heterocycles. The van der Waals surface area contributed by atoms with Crippen molar-refractivity contribution in [1.29, 1.82) is 0 Å². The summed E-state index contributed by atoms with van der Waals surface area (Å²) in [4.78, 5) is 23.9. The maximum atomic E-state index is 13.7. The minimum Gasteiger partial charge on any atom is -0.423 e. The van der Waals surface area contributed by atoms with Crippen molar-refractivity contribution in [2.45, 2.75) is 0 Å². The number of halogens is 10. The van der Waals surface area contributed by atoms with Crippen LogP contribution in [0.1, 0.15) is 20.7 Å². The summed E-state index contributed by atoms with van der Waals surface area (Å²) in [6.07, 6.45) is 0. The van der Waals surface area contributed by atoms with Crippen LogP contribution in [-0.4, -0.2) is 11.9 Å². The lowest BCUT2D eigenvalue weighted by atomic mass is 10.1. The average molecular weight is 498 g/mol. The molecule has 0 aromatic heterocycles. The van der Waals surface area contributed by atoms with E-state index < -0.39 is 92.7 Å². The first-order valence-corrected chi connectivity index (χ1v) is 8.44. The number of carbonyl (C=O) groups is 2. The molecule has 0 amide bonds. The molecule has 0 saturated carbocycles. The molecule has 0 unspecified atom stereocenters. The highest BCUT2D eigenvalue weighted by molar-refractivity contribution is 5.93. The van der Waals surface area contributed by atoms with E-state index >= 15 is 0 Å². The van der Waals surface area contributed by atoms with Crippen molar-refractivity contribution >= 4 is 11.9 Å². The SMILES string of the molecule is O=C(Oc1cccc(OC(=O)c2c(F)c(F)c(F)c(F)c2F)c1)c1c(F)c(F)c(F)c(F)c1F. The molecule has 0 bridgehead atoms. The highest BCUT2D eigenvalue weighted by atomic mass is 19.2. The lowest BCUT2D eigenvalue weighted by molar-refractivity contribution is 0.0719. The van der Waals surface area contributed by atoms with Gasteiger partial charge in [-0.2, -0.15) is 0 Å². The van der Waals surface area contributed by atoms with Gasteiger partial charge >= 0.3 is 11.9 Å². The number of hydrogen-bond acceptors (Lipinski definition) is 4. The molecule has 4 nitrogen and oxygen atoms in total. The Morgan fingerprint density at radius 2 is 0.735 bits per heavy atom. The second kappa shape index (κ2) is 9.03. The predicted molar refractivity (Wildman–Crippen MR) is 88.8 cm³/mol. The Bertz CT molecular complexity index is 1200. The zero-order chi connectivity index (χ0) is 25.5. The van der Waals surface area contributed by atoms with E-state index in [1.807, 2.05) is 0 Å². The van der Waals surface area contributed by atoms with Crippen LogP contribution in [0.3, 0.4) is 0 Å². The van der Waals surface area contributed by atoms with Gasteiger partial charge in [-0.15, -0.1) is 0 Å². The zero-order valence-electron chi connectivity index (χ0n) is 15.7. The molecule has 0 saturated heterocycles. The molecule has 0 N–H and O–H groups in total. The second-order valence-electron chi connectivity index (χ2n) is 6.14. The van der Waals surface area contributed by atoms with Gasteiger partial charge in [-0.1, -0.05) is 6.07 Å². The summed E-state index contributed by atoms with van der Waals surface area (Å²) >= 11 is 0. The van der Waals surface area contributed by atoms with E-state index in [0.717, 1.165) is 18.2 Å². The molecular formula is C20H4F10O4. The standard InChI is InChI=1S/C20H4F10O4/c21-9-7(10(22)14(26)17(29)13(9)25)19(31)33-5-2-1-3-6(4-5)34-20(32)8-11(23)15(27)18(30)16(28)12(8)24/h1-4H. The highest BCUT2D eigenvalue weighted by Crippen LogP contribution is 2.28. The third kappa shape index (κ3) is 4.13. The molecule has 0 aliphatic rings. The fraction of sp³-hybridized carbons (Fsp3) is 0. The van der Waals surface area contributed by atoms with Crippen LogP contribution < -0.4 is 9.47 Å². The van der Waals surface area contributed by atoms with Crippen LogP contribution in [0.25, 0.3) is 0 Å². The predicted octanol–water partition coefficient (Wildman–Crippen LogP) is 5.52. The first-order valence-electron chi connectivity index (χ1n) is 8.44. The average Bonchev–Trinajstić information content (AvgIpc) is 2.79. The Balaban J connectivity index is 1.89. The molecular weight excluding hydrogens is 494 g/mol. The van der Waals surface area contributed by atoms with Gasteiger partial charge in [0.25, 0.3) is 0 Å². The van der Waals surface area contributed by atoms with Crippen molar-refractivity contribution in [3.05, 3.63) is 93.6 Å². The van der Waals surface area contributed by atoms with Gasteiger partial charge < -0.3 is 9.47 Å². The molecule has 0 aliphatic carbocycles. The number of hydrogen-bond donors (Lipinski definition) is 0. The molecule has 178 valence electrons. The highest BCUT2D eigenvalue weighted by Gasteiger charge is 2.32. The third-order valence-corrected chi connectivity index (χ3v) is 4.05. The Kier molecular flexibility index (Phi) is 6.52. The summed E-state index contributed by atoms with van der Waals surface area (Å²) in [6, 6.07) is 3.20. The zero-order valence-corrected chi connectivity index (χ0v) is 15.7. The smallest absolute Gasteiger partial charge is 0.349 e. The Morgan fingerprint density at radius 1 is 0.471 bits per heavy atom. The van der Waals surface area contributed by atoms with Gasteiger partial charge in [-0.25, -0.2) is 53.5 Å². The molecule has 0 aliphatic heterocycles. The van der Waals surface area contributed by atoms with E-state index in [1.165, 1.54) is 0 Å². The van der Waals surface area contributed by atoms with E-state index in [0.29, 0.717) is 6.07 Å². The van der Waals surface area contributed by atoms with E-state index in [1.54, 1.807) is 0 Å². The van der Waals surface area contributed by atoms with Gasteiger partial charge in [0.2, 0.25) is 11.6 Å². The molecule has 14 heteroatoms. The van der Waals surface area contributed by atoms with Gasteiger partial charge in [0, 0.05) is 6.07 Å². The van der Waals surface area contributed by atoms with E-state index in [2.05, 4.69) is 9.47 Å². The first-order chi connectivity index (χ1) is 15.9. The number of rotatable bonds is 4. The minimum absolute atomic E-state index is 0.563. The molecule has 3 aromatic rings. The maximum absolute atomic E-state index is 13.7. The largest absolute Gasteiger partial charge is 0.423 e. The van der Waals surface area contributed by atoms with Crippen molar-refractivity contribution in [2.24, 2.45) is 0 Å². The number of esters is 2. The molecule has 0 radical (unpaired) electrons. The summed E-state index contributed by atoms with van der Waals surface area (Å²) in [5, 5.41) is 0. The maximum Gasteiger partial charge on any atom is 0.349 e. The van der Waals surface area contributed by atoms with Gasteiger partial charge in [0.1, 0.15) is 22.6 Å². The van der Waals surface area contributed by atoms with E-state index in [4.69, 9.17) is 0 Å². The lowest BCUT2D eigenvalue weighted by Gasteiger charge is -2.10. The van der Waals surface area contributed by atoms with Crippen LogP contribution in [0.2, 0.25) is 0 Å². The summed E-state index contributed by atoms with van der Waals surface area (Å²) < 4.78 is 143. The van der Waals surface area contributed by atoms with Gasteiger partial charge in [-0.05, 0) is 12.1 Å². The summed E-state index contributed by atoms with van der Waals surface area (Å²) in [7, 11) is 0. The van der Waals surface area contributed by atoms with Crippen LogP contribution in [0.4, 0.5) is 43.9 Å². The molecule has 0 atom stereocenters. The summed E-state index contributed by atoms with van der Waals surface area (Å²) in [5.41, 5.74) is -3.92. The minimum atomic E-state index is -2.53. The van der Waals surface area contributed by atoms with Gasteiger partial charge in [-0.3, -0.25) is 0 Å². The third-order valence-electron chi connectivity index (χ3n) is 4.05. The number of benzene rings is 3. The lowest BCUT2D eigenvalue weighted by Crippen LogP contribution is -2.18.